The highest BCUT2D eigenvalue weighted by atomic mass is 32.1. The highest BCUT2D eigenvalue weighted by Crippen LogP contribution is 2.22. The van der Waals surface area contributed by atoms with Gasteiger partial charge in [-0.3, -0.25) is 0 Å². The summed E-state index contributed by atoms with van der Waals surface area (Å²) in [6.45, 7) is 4.24. The Kier molecular flexibility index (Phi) is 4.74. The molecule has 2 nitrogen and oxygen atoms in total. The van der Waals surface area contributed by atoms with Gasteiger partial charge in [0.05, 0.1) is 0 Å². The molecule has 0 aliphatic rings. The molecule has 0 fully saturated rings. The van der Waals surface area contributed by atoms with E-state index in [2.05, 4.69) is 49.5 Å². The molecule has 3 N–H and O–H groups in total. The van der Waals surface area contributed by atoms with Crippen molar-refractivity contribution >= 4 is 22.9 Å². The van der Waals surface area contributed by atoms with Gasteiger partial charge in [-0.2, -0.15) is 0 Å². The number of para-hydroxylation sites is 1. The van der Waals surface area contributed by atoms with Crippen molar-refractivity contribution in [3.05, 3.63) is 65.2 Å². The molecule has 0 saturated carbocycles. The van der Waals surface area contributed by atoms with E-state index >= 15 is 0 Å². The number of thiocarbonyl (C=S) groups is 1. The molecule has 2 aromatic rings. The van der Waals surface area contributed by atoms with Crippen LogP contribution in [0.15, 0.2) is 48.5 Å². The van der Waals surface area contributed by atoms with Gasteiger partial charge in [0.2, 0.25) is 0 Å². The average molecular weight is 284 g/mol. The van der Waals surface area contributed by atoms with E-state index in [-0.39, 0.29) is 0 Å². The molecule has 1 unspecified atom stereocenters. The van der Waals surface area contributed by atoms with Gasteiger partial charge in [0, 0.05) is 17.3 Å². The zero-order chi connectivity index (χ0) is 14.5. The molecule has 0 amide bonds. The number of benzene rings is 2. The molecule has 0 aliphatic carbocycles. The lowest BCUT2D eigenvalue weighted by atomic mass is 10.0. The fourth-order valence-corrected chi connectivity index (χ4v) is 2.50. The van der Waals surface area contributed by atoms with E-state index in [4.69, 9.17) is 18.0 Å². The molecule has 0 aliphatic heterocycles. The Morgan fingerprint density at radius 3 is 2.50 bits per heavy atom. The Morgan fingerprint density at radius 2 is 1.85 bits per heavy atom. The van der Waals surface area contributed by atoms with E-state index in [0.717, 1.165) is 23.2 Å². The molecule has 0 saturated heterocycles. The Bertz CT molecular complexity index is 593. The third-order valence-corrected chi connectivity index (χ3v) is 3.53. The van der Waals surface area contributed by atoms with Crippen LogP contribution in [-0.2, 0) is 6.42 Å². The first-order valence-corrected chi connectivity index (χ1v) is 7.18. The van der Waals surface area contributed by atoms with Crippen LogP contribution >= 0.6 is 12.2 Å². The van der Waals surface area contributed by atoms with Crippen molar-refractivity contribution in [3.63, 3.8) is 0 Å². The summed E-state index contributed by atoms with van der Waals surface area (Å²) in [5.41, 5.74) is 10.2. The third-order valence-electron chi connectivity index (χ3n) is 3.31. The Labute approximate surface area is 126 Å². The number of nitrogens with two attached hydrogens (primary N) is 1. The minimum absolute atomic E-state index is 0.312. The molecule has 20 heavy (non-hydrogen) atoms. The van der Waals surface area contributed by atoms with Gasteiger partial charge in [-0.25, -0.2) is 0 Å². The van der Waals surface area contributed by atoms with E-state index in [0.29, 0.717) is 11.0 Å². The summed E-state index contributed by atoms with van der Waals surface area (Å²) in [5.74, 6) is 0. The van der Waals surface area contributed by atoms with Gasteiger partial charge in [0.1, 0.15) is 4.99 Å². The van der Waals surface area contributed by atoms with Crippen molar-refractivity contribution < 1.29 is 0 Å². The lowest BCUT2D eigenvalue weighted by Gasteiger charge is -2.20. The van der Waals surface area contributed by atoms with E-state index in [1.165, 1.54) is 5.56 Å². The lowest BCUT2D eigenvalue weighted by Crippen LogP contribution is -2.22. The molecule has 0 aromatic heterocycles. The van der Waals surface area contributed by atoms with Crippen LogP contribution in [0.1, 0.15) is 23.6 Å². The SMILES string of the molecule is Cc1cccc(C(N)=S)c1NC(C)Cc1ccccc1. The molecule has 0 spiro atoms. The smallest absolute Gasteiger partial charge is 0.106 e. The van der Waals surface area contributed by atoms with Crippen LogP contribution in [0.2, 0.25) is 0 Å². The van der Waals surface area contributed by atoms with Gasteiger partial charge in [-0.15, -0.1) is 0 Å². The molecular formula is C17H20N2S. The van der Waals surface area contributed by atoms with Crippen LogP contribution in [0.25, 0.3) is 0 Å². The fourth-order valence-electron chi connectivity index (χ4n) is 2.33. The summed E-state index contributed by atoms with van der Waals surface area (Å²) < 4.78 is 0. The molecule has 0 heterocycles. The first-order chi connectivity index (χ1) is 9.58. The van der Waals surface area contributed by atoms with Gasteiger partial charge in [-0.1, -0.05) is 54.7 Å². The first kappa shape index (κ1) is 14.5. The number of nitrogens with one attached hydrogen (secondary N) is 1. The number of rotatable bonds is 5. The van der Waals surface area contributed by atoms with Crippen molar-refractivity contribution in [2.75, 3.05) is 5.32 Å². The van der Waals surface area contributed by atoms with Crippen LogP contribution < -0.4 is 11.1 Å². The first-order valence-electron chi connectivity index (χ1n) is 6.78. The standard InChI is InChI=1S/C17H20N2S/c1-12-7-6-10-15(17(18)20)16(12)19-13(2)11-14-8-4-3-5-9-14/h3-10,13,19H,11H2,1-2H3,(H2,18,20). The summed E-state index contributed by atoms with van der Waals surface area (Å²) in [6, 6.07) is 16.8. The zero-order valence-electron chi connectivity index (χ0n) is 11.9. The van der Waals surface area contributed by atoms with Crippen LogP contribution in [0, 0.1) is 6.92 Å². The van der Waals surface area contributed by atoms with Crippen LogP contribution in [0.3, 0.4) is 0 Å². The van der Waals surface area contributed by atoms with Crippen LogP contribution in [0.5, 0.6) is 0 Å². The summed E-state index contributed by atoms with van der Waals surface area (Å²) in [6.07, 6.45) is 0.964. The highest BCUT2D eigenvalue weighted by molar-refractivity contribution is 7.80. The van der Waals surface area contributed by atoms with Crippen molar-refractivity contribution in [2.45, 2.75) is 26.3 Å². The minimum atomic E-state index is 0.312. The van der Waals surface area contributed by atoms with E-state index in [1.807, 2.05) is 18.2 Å². The molecule has 0 radical (unpaired) electrons. The predicted molar refractivity (Wildman–Crippen MR) is 90.3 cm³/mol. The molecule has 3 heteroatoms. The average Bonchev–Trinajstić information content (AvgIpc) is 2.42. The van der Waals surface area contributed by atoms with Crippen molar-refractivity contribution in [1.29, 1.82) is 0 Å². The van der Waals surface area contributed by atoms with E-state index in [9.17, 15) is 0 Å². The van der Waals surface area contributed by atoms with Gasteiger partial charge < -0.3 is 11.1 Å². The van der Waals surface area contributed by atoms with Crippen molar-refractivity contribution in [2.24, 2.45) is 5.73 Å². The third kappa shape index (κ3) is 3.58. The number of hydrogen-bond acceptors (Lipinski definition) is 2. The van der Waals surface area contributed by atoms with Gasteiger partial charge in [0.15, 0.2) is 0 Å². The maximum atomic E-state index is 5.80. The number of aryl methyl sites for hydroxylation is 1. The lowest BCUT2D eigenvalue weighted by molar-refractivity contribution is 0.789. The topological polar surface area (TPSA) is 38.0 Å². The maximum Gasteiger partial charge on any atom is 0.106 e. The molecule has 2 rings (SSSR count). The highest BCUT2D eigenvalue weighted by Gasteiger charge is 2.11. The van der Waals surface area contributed by atoms with E-state index < -0.39 is 0 Å². The van der Waals surface area contributed by atoms with Gasteiger partial charge in [0.25, 0.3) is 0 Å². The predicted octanol–water partition coefficient (Wildman–Crippen LogP) is 3.67. The molecule has 0 bridgehead atoms. The number of hydrogen-bond donors (Lipinski definition) is 2. The monoisotopic (exact) mass is 284 g/mol. The second kappa shape index (κ2) is 6.53. The quantitative estimate of drug-likeness (QED) is 0.823. The minimum Gasteiger partial charge on any atom is -0.389 e. The second-order valence-electron chi connectivity index (χ2n) is 5.10. The van der Waals surface area contributed by atoms with Crippen LogP contribution in [-0.4, -0.2) is 11.0 Å². The molecule has 2 aromatic carbocycles. The summed E-state index contributed by atoms with van der Waals surface area (Å²) in [7, 11) is 0. The second-order valence-corrected chi connectivity index (χ2v) is 5.54. The van der Waals surface area contributed by atoms with Crippen molar-refractivity contribution in [1.82, 2.24) is 0 Å². The normalized spacial score (nSPS) is 11.9. The van der Waals surface area contributed by atoms with E-state index in [1.54, 1.807) is 0 Å². The Hall–Kier alpha value is -1.87. The zero-order valence-corrected chi connectivity index (χ0v) is 12.7. The summed E-state index contributed by atoms with van der Waals surface area (Å²) >= 11 is 5.13. The maximum absolute atomic E-state index is 5.80. The van der Waals surface area contributed by atoms with Gasteiger partial charge >= 0.3 is 0 Å². The Balaban J connectivity index is 2.15. The number of anilines is 1. The van der Waals surface area contributed by atoms with Crippen LogP contribution in [0.4, 0.5) is 5.69 Å². The largest absolute Gasteiger partial charge is 0.389 e. The van der Waals surface area contributed by atoms with Crippen molar-refractivity contribution in [3.8, 4) is 0 Å². The molecule has 1 atom stereocenters. The molecule has 104 valence electrons. The fraction of sp³-hybridized carbons (Fsp3) is 0.235. The Morgan fingerprint density at radius 1 is 1.15 bits per heavy atom. The van der Waals surface area contributed by atoms with Gasteiger partial charge in [-0.05, 0) is 37.5 Å². The summed E-state index contributed by atoms with van der Waals surface area (Å²) in [4.78, 5) is 0.433. The molecular weight excluding hydrogens is 264 g/mol. The summed E-state index contributed by atoms with van der Waals surface area (Å²) in [5, 5.41) is 3.54.